The molecule has 0 spiro atoms. The lowest BCUT2D eigenvalue weighted by Crippen LogP contribution is -2.49. The van der Waals surface area contributed by atoms with Crippen molar-refractivity contribution in [3.8, 4) is 0 Å². The van der Waals surface area contributed by atoms with Crippen molar-refractivity contribution >= 4 is 11.4 Å². The molecule has 0 aromatic heterocycles. The summed E-state index contributed by atoms with van der Waals surface area (Å²) in [5.41, 5.74) is 2.24. The maximum Gasteiger partial charge on any atom is 0.269 e. The molecule has 3 rings (SSSR count). The lowest BCUT2D eigenvalue weighted by Gasteiger charge is -2.33. The van der Waals surface area contributed by atoms with Crippen LogP contribution in [-0.2, 0) is 13.1 Å². The first kappa shape index (κ1) is 19.9. The third kappa shape index (κ3) is 5.34. The molecule has 0 aliphatic heterocycles. The molecule has 1 fully saturated rings. The summed E-state index contributed by atoms with van der Waals surface area (Å²) >= 11 is 0. The smallest absolute Gasteiger partial charge is 0.269 e. The van der Waals surface area contributed by atoms with Crippen LogP contribution in [0.2, 0.25) is 0 Å². The average molecular weight is 384 g/mol. The van der Waals surface area contributed by atoms with E-state index < -0.39 is 9.85 Å². The molecule has 28 heavy (non-hydrogen) atoms. The van der Waals surface area contributed by atoms with Gasteiger partial charge in [-0.05, 0) is 24.0 Å². The quantitative estimate of drug-likeness (QED) is 0.530. The summed E-state index contributed by atoms with van der Waals surface area (Å²) in [6.07, 6.45) is 4.50. The van der Waals surface area contributed by atoms with Gasteiger partial charge in [0.25, 0.3) is 11.4 Å². The van der Waals surface area contributed by atoms with Gasteiger partial charge >= 0.3 is 0 Å². The van der Waals surface area contributed by atoms with Gasteiger partial charge in [-0.1, -0.05) is 37.1 Å². The van der Waals surface area contributed by atoms with Gasteiger partial charge in [0, 0.05) is 49.4 Å². The Morgan fingerprint density at radius 3 is 1.39 bits per heavy atom. The molecule has 8 nitrogen and oxygen atoms in total. The molecule has 2 unspecified atom stereocenters. The van der Waals surface area contributed by atoms with Crippen LogP contribution >= 0.6 is 0 Å². The molecule has 1 aliphatic carbocycles. The second kappa shape index (κ2) is 9.38. The largest absolute Gasteiger partial charge is 0.308 e. The van der Waals surface area contributed by atoms with E-state index in [0.717, 1.165) is 24.0 Å². The van der Waals surface area contributed by atoms with Crippen LogP contribution < -0.4 is 10.6 Å². The lowest BCUT2D eigenvalue weighted by atomic mass is 9.90. The summed E-state index contributed by atoms with van der Waals surface area (Å²) in [6.45, 7) is 1.33. The van der Waals surface area contributed by atoms with Crippen LogP contribution in [0.25, 0.3) is 0 Å². The van der Waals surface area contributed by atoms with Crippen molar-refractivity contribution in [1.82, 2.24) is 10.6 Å². The molecule has 148 valence electrons. The first-order valence-corrected chi connectivity index (χ1v) is 9.46. The van der Waals surface area contributed by atoms with E-state index in [-0.39, 0.29) is 11.4 Å². The summed E-state index contributed by atoms with van der Waals surface area (Å²) in [6, 6.07) is 13.9. The molecule has 2 aromatic rings. The Kier molecular flexibility index (Phi) is 6.67. The van der Waals surface area contributed by atoms with Gasteiger partial charge in [0.15, 0.2) is 0 Å². The van der Waals surface area contributed by atoms with Crippen molar-refractivity contribution < 1.29 is 9.85 Å². The number of hydrogen-bond acceptors (Lipinski definition) is 6. The van der Waals surface area contributed by atoms with Crippen molar-refractivity contribution in [3.63, 3.8) is 0 Å². The Hall–Kier alpha value is -2.84. The SMILES string of the molecule is O=[N+]([O-])c1ccc(CNC2CCCCC2NCc2ccc([N+](=O)[O-])cc2)cc1. The van der Waals surface area contributed by atoms with E-state index in [9.17, 15) is 20.2 Å². The molecule has 0 bridgehead atoms. The van der Waals surface area contributed by atoms with Crippen molar-refractivity contribution in [2.45, 2.75) is 50.9 Å². The minimum atomic E-state index is -0.392. The fourth-order valence-electron chi connectivity index (χ4n) is 3.59. The fraction of sp³-hybridized carbons (Fsp3) is 0.400. The summed E-state index contributed by atoms with van der Waals surface area (Å²) in [5, 5.41) is 28.6. The molecule has 0 amide bonds. The predicted molar refractivity (Wildman–Crippen MR) is 106 cm³/mol. The molecular formula is C20H24N4O4. The van der Waals surface area contributed by atoms with E-state index in [1.807, 2.05) is 0 Å². The van der Waals surface area contributed by atoms with Gasteiger partial charge in [-0.25, -0.2) is 0 Å². The van der Waals surface area contributed by atoms with Crippen LogP contribution in [0, 0.1) is 20.2 Å². The molecule has 8 heteroatoms. The van der Waals surface area contributed by atoms with Crippen molar-refractivity contribution in [2.24, 2.45) is 0 Å². The number of nitro groups is 2. The first-order valence-electron chi connectivity index (χ1n) is 9.46. The molecule has 0 heterocycles. The fourth-order valence-corrected chi connectivity index (χ4v) is 3.59. The third-order valence-corrected chi connectivity index (χ3v) is 5.20. The van der Waals surface area contributed by atoms with Crippen LogP contribution in [0.5, 0.6) is 0 Å². The van der Waals surface area contributed by atoms with E-state index in [4.69, 9.17) is 0 Å². The second-order valence-corrected chi connectivity index (χ2v) is 7.11. The maximum atomic E-state index is 10.7. The average Bonchev–Trinajstić information content (AvgIpc) is 2.72. The van der Waals surface area contributed by atoms with Crippen LogP contribution in [0.15, 0.2) is 48.5 Å². The van der Waals surface area contributed by atoms with E-state index in [2.05, 4.69) is 10.6 Å². The minimum absolute atomic E-state index is 0.101. The number of rotatable bonds is 8. The Morgan fingerprint density at radius 2 is 1.07 bits per heavy atom. The maximum absolute atomic E-state index is 10.7. The monoisotopic (exact) mass is 384 g/mol. The molecule has 2 N–H and O–H groups in total. The van der Waals surface area contributed by atoms with Crippen molar-refractivity contribution in [2.75, 3.05) is 0 Å². The summed E-state index contributed by atoms with van der Waals surface area (Å²) < 4.78 is 0. The normalized spacial score (nSPS) is 19.3. The Bertz CT molecular complexity index is 738. The number of nitro benzene ring substituents is 2. The van der Waals surface area contributed by atoms with E-state index >= 15 is 0 Å². The number of benzene rings is 2. The minimum Gasteiger partial charge on any atom is -0.308 e. The highest BCUT2D eigenvalue weighted by atomic mass is 16.6. The van der Waals surface area contributed by atoms with Gasteiger partial charge < -0.3 is 10.6 Å². The Balaban J connectivity index is 1.53. The zero-order valence-electron chi connectivity index (χ0n) is 15.5. The van der Waals surface area contributed by atoms with Gasteiger partial charge in [0.2, 0.25) is 0 Å². The van der Waals surface area contributed by atoms with Crippen molar-refractivity contribution in [3.05, 3.63) is 79.9 Å². The second-order valence-electron chi connectivity index (χ2n) is 7.11. The number of nitrogens with zero attached hydrogens (tertiary/aromatic N) is 2. The molecule has 0 saturated heterocycles. The molecule has 0 radical (unpaired) electrons. The van der Waals surface area contributed by atoms with E-state index in [0.29, 0.717) is 25.2 Å². The van der Waals surface area contributed by atoms with Crippen molar-refractivity contribution in [1.29, 1.82) is 0 Å². The number of hydrogen-bond donors (Lipinski definition) is 2. The molecule has 2 aromatic carbocycles. The first-order chi connectivity index (χ1) is 13.5. The number of nitrogens with one attached hydrogen (secondary N) is 2. The summed E-state index contributed by atoms with van der Waals surface area (Å²) in [5.74, 6) is 0. The van der Waals surface area contributed by atoms with E-state index in [1.165, 1.54) is 37.1 Å². The Labute approximate surface area is 163 Å². The third-order valence-electron chi connectivity index (χ3n) is 5.20. The summed E-state index contributed by atoms with van der Waals surface area (Å²) in [7, 11) is 0. The van der Waals surface area contributed by atoms with Gasteiger partial charge in [0.1, 0.15) is 0 Å². The van der Waals surface area contributed by atoms with Gasteiger partial charge in [-0.2, -0.15) is 0 Å². The zero-order chi connectivity index (χ0) is 19.9. The van der Waals surface area contributed by atoms with Crippen LogP contribution in [0.4, 0.5) is 11.4 Å². The Morgan fingerprint density at radius 1 is 0.714 bits per heavy atom. The van der Waals surface area contributed by atoms with Crippen LogP contribution in [0.1, 0.15) is 36.8 Å². The lowest BCUT2D eigenvalue weighted by molar-refractivity contribution is -0.385. The molecule has 1 aliphatic rings. The number of non-ortho nitro benzene ring substituents is 2. The zero-order valence-corrected chi connectivity index (χ0v) is 15.5. The highest BCUT2D eigenvalue weighted by Gasteiger charge is 2.24. The highest BCUT2D eigenvalue weighted by molar-refractivity contribution is 5.33. The molecule has 1 saturated carbocycles. The predicted octanol–water partition coefficient (Wildman–Crippen LogP) is 3.69. The van der Waals surface area contributed by atoms with Gasteiger partial charge in [-0.3, -0.25) is 20.2 Å². The standard InChI is InChI=1S/C20H24N4O4/c25-23(26)17-9-5-15(6-10-17)13-21-19-3-1-2-4-20(19)22-14-16-7-11-18(12-8-16)24(27)28/h5-12,19-22H,1-4,13-14H2. The van der Waals surface area contributed by atoms with Crippen LogP contribution in [-0.4, -0.2) is 21.9 Å². The van der Waals surface area contributed by atoms with Crippen LogP contribution in [0.3, 0.4) is 0 Å². The summed E-state index contributed by atoms with van der Waals surface area (Å²) in [4.78, 5) is 20.7. The highest BCUT2D eigenvalue weighted by Crippen LogP contribution is 2.20. The topological polar surface area (TPSA) is 110 Å². The molecule has 2 atom stereocenters. The van der Waals surface area contributed by atoms with Gasteiger partial charge in [0.05, 0.1) is 9.85 Å². The van der Waals surface area contributed by atoms with Gasteiger partial charge in [-0.15, -0.1) is 0 Å². The van der Waals surface area contributed by atoms with E-state index in [1.54, 1.807) is 24.3 Å². The molecular weight excluding hydrogens is 360 g/mol.